The van der Waals surface area contributed by atoms with Gasteiger partial charge in [0.05, 0.1) is 23.2 Å². The molecule has 0 amide bonds. The second-order valence-electron chi connectivity index (χ2n) is 5.70. The van der Waals surface area contributed by atoms with Crippen molar-refractivity contribution in [3.63, 3.8) is 0 Å². The van der Waals surface area contributed by atoms with Crippen molar-refractivity contribution in [2.75, 3.05) is 19.7 Å². The Hall–Kier alpha value is -1.14. The van der Waals surface area contributed by atoms with Crippen molar-refractivity contribution in [3.8, 4) is 0 Å². The lowest BCUT2D eigenvalue weighted by Crippen LogP contribution is -2.48. The molecule has 4 nitrogen and oxygen atoms in total. The van der Waals surface area contributed by atoms with Crippen LogP contribution < -0.4 is 5.73 Å². The first-order valence-corrected chi connectivity index (χ1v) is 7.98. The highest BCUT2D eigenvalue weighted by molar-refractivity contribution is 9.10. The number of benzene rings is 1. The van der Waals surface area contributed by atoms with Crippen LogP contribution in [0.1, 0.15) is 24.8 Å². The first-order chi connectivity index (χ1) is 10.0. The SMILES string of the molecule is CC1CN(C(N)=N[C@@H]2C[C@H]2c2ccc(Br)c(F)c2)CCO1. The summed E-state index contributed by atoms with van der Waals surface area (Å²) in [6.07, 6.45) is 1.12. The third-order valence-electron chi connectivity index (χ3n) is 3.99. The molecular formula is C15H19BrFN3O. The molecule has 1 aromatic rings. The van der Waals surface area contributed by atoms with Gasteiger partial charge in [0.2, 0.25) is 0 Å². The lowest BCUT2D eigenvalue weighted by Gasteiger charge is -2.31. The monoisotopic (exact) mass is 355 g/mol. The van der Waals surface area contributed by atoms with Crippen molar-refractivity contribution in [3.05, 3.63) is 34.1 Å². The van der Waals surface area contributed by atoms with E-state index in [-0.39, 0.29) is 23.9 Å². The topological polar surface area (TPSA) is 50.8 Å². The van der Waals surface area contributed by atoms with Crippen LogP contribution in [0.3, 0.4) is 0 Å². The molecule has 1 saturated carbocycles. The molecule has 114 valence electrons. The zero-order valence-corrected chi connectivity index (χ0v) is 13.5. The number of rotatable bonds is 2. The fourth-order valence-corrected chi connectivity index (χ4v) is 2.95. The minimum atomic E-state index is -0.225. The molecule has 6 heteroatoms. The minimum Gasteiger partial charge on any atom is -0.375 e. The lowest BCUT2D eigenvalue weighted by atomic mass is 10.1. The molecule has 1 aliphatic carbocycles. The number of nitrogens with zero attached hydrogens (tertiary/aromatic N) is 2. The van der Waals surface area contributed by atoms with Crippen LogP contribution in [0.4, 0.5) is 4.39 Å². The van der Waals surface area contributed by atoms with Crippen LogP contribution in [0.15, 0.2) is 27.7 Å². The lowest BCUT2D eigenvalue weighted by molar-refractivity contribution is 0.00528. The Balaban J connectivity index is 1.64. The van der Waals surface area contributed by atoms with E-state index in [1.807, 2.05) is 13.0 Å². The van der Waals surface area contributed by atoms with Gasteiger partial charge in [0.1, 0.15) is 5.82 Å². The molecule has 1 aliphatic heterocycles. The zero-order chi connectivity index (χ0) is 15.0. The van der Waals surface area contributed by atoms with Crippen molar-refractivity contribution in [2.24, 2.45) is 10.7 Å². The van der Waals surface area contributed by atoms with E-state index in [0.717, 1.165) is 25.1 Å². The number of halogens is 2. The van der Waals surface area contributed by atoms with Crippen molar-refractivity contribution in [1.82, 2.24) is 4.90 Å². The number of hydrogen-bond acceptors (Lipinski definition) is 2. The quantitative estimate of drug-likeness (QED) is 0.654. The van der Waals surface area contributed by atoms with Crippen LogP contribution in [0, 0.1) is 5.82 Å². The summed E-state index contributed by atoms with van der Waals surface area (Å²) in [6.45, 7) is 4.27. The third-order valence-corrected chi connectivity index (χ3v) is 4.63. The molecular weight excluding hydrogens is 337 g/mol. The zero-order valence-electron chi connectivity index (χ0n) is 11.9. The maximum Gasteiger partial charge on any atom is 0.191 e. The van der Waals surface area contributed by atoms with Gasteiger partial charge < -0.3 is 15.4 Å². The maximum atomic E-state index is 13.6. The highest BCUT2D eigenvalue weighted by Gasteiger charge is 2.39. The van der Waals surface area contributed by atoms with Crippen molar-refractivity contribution < 1.29 is 9.13 Å². The van der Waals surface area contributed by atoms with E-state index in [1.54, 1.807) is 12.1 Å². The number of ether oxygens (including phenoxy) is 1. The van der Waals surface area contributed by atoms with Crippen LogP contribution in [0.5, 0.6) is 0 Å². The summed E-state index contributed by atoms with van der Waals surface area (Å²) in [7, 11) is 0. The molecule has 3 atom stereocenters. The van der Waals surface area contributed by atoms with E-state index in [9.17, 15) is 4.39 Å². The molecule has 21 heavy (non-hydrogen) atoms. The highest BCUT2D eigenvalue weighted by atomic mass is 79.9. The summed E-state index contributed by atoms with van der Waals surface area (Å²) in [6, 6.07) is 5.44. The minimum absolute atomic E-state index is 0.170. The first kappa shape index (κ1) is 14.8. The summed E-state index contributed by atoms with van der Waals surface area (Å²) in [5.74, 6) is 0.636. The molecule has 0 bridgehead atoms. The first-order valence-electron chi connectivity index (χ1n) is 7.19. The molecule has 0 radical (unpaired) electrons. The summed E-state index contributed by atoms with van der Waals surface area (Å²) < 4.78 is 19.6. The van der Waals surface area contributed by atoms with E-state index in [2.05, 4.69) is 25.8 Å². The number of aliphatic imine (C=N–C) groups is 1. The van der Waals surface area contributed by atoms with Gasteiger partial charge >= 0.3 is 0 Å². The number of morpholine rings is 1. The Bertz CT molecular complexity index is 566. The smallest absolute Gasteiger partial charge is 0.191 e. The number of guanidine groups is 1. The maximum absolute atomic E-state index is 13.6. The normalized spacial score (nSPS) is 29.6. The standard InChI is InChI=1S/C15H19BrFN3O/c1-9-8-20(4-5-21-9)15(18)19-14-7-11(14)10-2-3-12(16)13(17)6-10/h2-3,6,9,11,14H,4-5,7-8H2,1H3,(H2,18,19)/t9?,11-,14+/m0/s1. The average Bonchev–Trinajstić information content (AvgIpc) is 3.21. The molecule has 2 fully saturated rings. The van der Waals surface area contributed by atoms with Crippen LogP contribution in [0.25, 0.3) is 0 Å². The van der Waals surface area contributed by atoms with Crippen LogP contribution in [0.2, 0.25) is 0 Å². The summed E-state index contributed by atoms with van der Waals surface area (Å²) in [5.41, 5.74) is 7.08. The van der Waals surface area contributed by atoms with Gasteiger partial charge in [-0.15, -0.1) is 0 Å². The molecule has 1 unspecified atom stereocenters. The number of nitrogens with two attached hydrogens (primary N) is 1. The van der Waals surface area contributed by atoms with Gasteiger partial charge in [-0.05, 0) is 47.0 Å². The fourth-order valence-electron chi connectivity index (χ4n) is 2.70. The average molecular weight is 356 g/mol. The van der Waals surface area contributed by atoms with Gasteiger partial charge in [-0.1, -0.05) is 6.07 Å². The van der Waals surface area contributed by atoms with Crippen molar-refractivity contribution in [2.45, 2.75) is 31.4 Å². The molecule has 0 aromatic heterocycles. The molecule has 3 rings (SSSR count). The Morgan fingerprint density at radius 2 is 2.33 bits per heavy atom. The van der Waals surface area contributed by atoms with Crippen LogP contribution >= 0.6 is 15.9 Å². The molecule has 1 saturated heterocycles. The Morgan fingerprint density at radius 1 is 1.52 bits per heavy atom. The molecule has 1 heterocycles. The van der Waals surface area contributed by atoms with E-state index in [4.69, 9.17) is 10.5 Å². The fraction of sp³-hybridized carbons (Fsp3) is 0.533. The van der Waals surface area contributed by atoms with Crippen LogP contribution in [-0.4, -0.2) is 42.7 Å². The Labute approximate surface area is 132 Å². The van der Waals surface area contributed by atoms with E-state index in [0.29, 0.717) is 17.0 Å². The Morgan fingerprint density at radius 3 is 3.05 bits per heavy atom. The van der Waals surface area contributed by atoms with Gasteiger partial charge in [0.25, 0.3) is 0 Å². The predicted octanol–water partition coefficient (Wildman–Crippen LogP) is 2.48. The van der Waals surface area contributed by atoms with Crippen molar-refractivity contribution >= 4 is 21.9 Å². The van der Waals surface area contributed by atoms with E-state index >= 15 is 0 Å². The van der Waals surface area contributed by atoms with Gasteiger partial charge in [-0.3, -0.25) is 0 Å². The third kappa shape index (κ3) is 3.37. The highest BCUT2D eigenvalue weighted by Crippen LogP contribution is 2.44. The Kier molecular flexibility index (Phi) is 4.17. The second kappa shape index (κ2) is 5.93. The van der Waals surface area contributed by atoms with E-state index < -0.39 is 0 Å². The molecule has 2 aliphatic rings. The molecule has 2 N–H and O–H groups in total. The van der Waals surface area contributed by atoms with Crippen LogP contribution in [-0.2, 0) is 4.74 Å². The summed E-state index contributed by atoms with van der Waals surface area (Å²) >= 11 is 3.17. The summed E-state index contributed by atoms with van der Waals surface area (Å²) in [4.78, 5) is 6.65. The largest absolute Gasteiger partial charge is 0.375 e. The van der Waals surface area contributed by atoms with Gasteiger partial charge in [0, 0.05) is 19.0 Å². The summed E-state index contributed by atoms with van der Waals surface area (Å²) in [5, 5.41) is 0. The second-order valence-corrected chi connectivity index (χ2v) is 6.55. The van der Waals surface area contributed by atoms with Gasteiger partial charge in [0.15, 0.2) is 5.96 Å². The van der Waals surface area contributed by atoms with Gasteiger partial charge in [-0.25, -0.2) is 9.38 Å². The molecule has 0 spiro atoms. The molecule has 1 aromatic carbocycles. The van der Waals surface area contributed by atoms with Crippen molar-refractivity contribution in [1.29, 1.82) is 0 Å². The number of hydrogen-bond donors (Lipinski definition) is 1. The van der Waals surface area contributed by atoms with Gasteiger partial charge in [-0.2, -0.15) is 0 Å². The van der Waals surface area contributed by atoms with E-state index in [1.165, 1.54) is 0 Å². The predicted molar refractivity (Wildman–Crippen MR) is 83.9 cm³/mol.